The molecule has 0 fully saturated rings. The summed E-state index contributed by atoms with van der Waals surface area (Å²) in [6.07, 6.45) is 3.92. The van der Waals surface area contributed by atoms with Gasteiger partial charge in [0.05, 0.1) is 14.2 Å². The van der Waals surface area contributed by atoms with Gasteiger partial charge in [0.25, 0.3) is 11.5 Å². The van der Waals surface area contributed by atoms with Gasteiger partial charge in [-0.05, 0) is 67.3 Å². The second-order valence-electron chi connectivity index (χ2n) is 6.98. The van der Waals surface area contributed by atoms with E-state index in [0.29, 0.717) is 35.8 Å². The number of hydrogen-bond donors (Lipinski definition) is 1. The zero-order valence-electron chi connectivity index (χ0n) is 17.6. The minimum atomic E-state index is -0.462. The van der Waals surface area contributed by atoms with Crippen molar-refractivity contribution in [1.29, 1.82) is 0 Å². The lowest BCUT2D eigenvalue weighted by molar-refractivity contribution is 0.102. The van der Waals surface area contributed by atoms with E-state index in [1.807, 2.05) is 31.2 Å². The fourth-order valence-electron chi connectivity index (χ4n) is 3.19. The van der Waals surface area contributed by atoms with E-state index in [1.54, 1.807) is 50.2 Å². The topological polar surface area (TPSA) is 82.5 Å². The summed E-state index contributed by atoms with van der Waals surface area (Å²) >= 11 is 0. The highest BCUT2D eigenvalue weighted by molar-refractivity contribution is 6.04. The van der Waals surface area contributed by atoms with E-state index in [9.17, 15) is 9.59 Å². The normalized spacial score (nSPS) is 10.5. The van der Waals surface area contributed by atoms with E-state index in [4.69, 9.17) is 9.47 Å². The molecule has 1 amide bonds. The zero-order chi connectivity index (χ0) is 21.7. The standard InChI is InChI=1S/C23H25N3O4/c1-15-7-10-24-20(13-15)25-22(27)21-16(2)8-11-26(23(21)28)12-9-17-5-6-18(29-3)19(14-17)30-4/h5-8,10-11,13-14H,9,12H2,1-4H3,(H,24,25,27). The first-order valence-electron chi connectivity index (χ1n) is 9.58. The van der Waals surface area contributed by atoms with E-state index in [-0.39, 0.29) is 11.1 Å². The summed E-state index contributed by atoms with van der Waals surface area (Å²) in [6, 6.07) is 11.0. The predicted octanol–water partition coefficient (Wildman–Crippen LogP) is 3.37. The largest absolute Gasteiger partial charge is 0.493 e. The SMILES string of the molecule is COc1ccc(CCn2ccc(C)c(C(=O)Nc3cc(C)ccn3)c2=O)cc1OC. The number of carbonyl (C=O) groups is 1. The first-order chi connectivity index (χ1) is 14.4. The molecule has 1 aromatic carbocycles. The third kappa shape index (κ3) is 4.68. The summed E-state index contributed by atoms with van der Waals surface area (Å²) in [5.41, 5.74) is 2.37. The number of amides is 1. The Morgan fingerprint density at radius 2 is 1.83 bits per heavy atom. The van der Waals surface area contributed by atoms with Crippen LogP contribution in [0.15, 0.2) is 53.6 Å². The lowest BCUT2D eigenvalue weighted by Crippen LogP contribution is -2.30. The molecule has 0 aliphatic heterocycles. The van der Waals surface area contributed by atoms with Gasteiger partial charge in [0.1, 0.15) is 11.4 Å². The van der Waals surface area contributed by atoms with Crippen LogP contribution in [-0.4, -0.2) is 29.7 Å². The number of anilines is 1. The molecule has 2 aromatic heterocycles. The van der Waals surface area contributed by atoms with Gasteiger partial charge < -0.3 is 19.4 Å². The molecule has 156 valence electrons. The molecule has 3 rings (SSSR count). The predicted molar refractivity (Wildman–Crippen MR) is 116 cm³/mol. The zero-order valence-corrected chi connectivity index (χ0v) is 17.6. The molecule has 7 heteroatoms. The van der Waals surface area contributed by atoms with E-state index >= 15 is 0 Å². The van der Waals surface area contributed by atoms with Crippen molar-refractivity contribution in [2.24, 2.45) is 0 Å². The molecule has 0 unspecified atom stereocenters. The number of rotatable bonds is 7. The number of benzene rings is 1. The Morgan fingerprint density at radius 1 is 1.07 bits per heavy atom. The summed E-state index contributed by atoms with van der Waals surface area (Å²) in [7, 11) is 3.17. The molecule has 0 aliphatic carbocycles. The van der Waals surface area contributed by atoms with E-state index in [0.717, 1.165) is 11.1 Å². The van der Waals surface area contributed by atoms with Gasteiger partial charge in [-0.25, -0.2) is 4.98 Å². The Kier molecular flexibility index (Phi) is 6.51. The van der Waals surface area contributed by atoms with Crippen molar-refractivity contribution >= 4 is 11.7 Å². The number of carbonyl (C=O) groups excluding carboxylic acids is 1. The van der Waals surface area contributed by atoms with Gasteiger partial charge in [-0.1, -0.05) is 6.07 Å². The van der Waals surface area contributed by atoms with Crippen LogP contribution in [0.3, 0.4) is 0 Å². The van der Waals surface area contributed by atoms with Gasteiger partial charge in [-0.15, -0.1) is 0 Å². The number of hydrogen-bond acceptors (Lipinski definition) is 5. The Labute approximate surface area is 175 Å². The fraction of sp³-hybridized carbons (Fsp3) is 0.261. The van der Waals surface area contributed by atoms with Crippen LogP contribution in [0.1, 0.15) is 27.0 Å². The molecule has 30 heavy (non-hydrogen) atoms. The van der Waals surface area contributed by atoms with Crippen molar-refractivity contribution in [1.82, 2.24) is 9.55 Å². The lowest BCUT2D eigenvalue weighted by atomic mass is 10.1. The highest BCUT2D eigenvalue weighted by atomic mass is 16.5. The molecule has 0 atom stereocenters. The minimum absolute atomic E-state index is 0.119. The van der Waals surface area contributed by atoms with Crippen molar-refractivity contribution in [3.63, 3.8) is 0 Å². The molecule has 1 N–H and O–H groups in total. The first kappa shape index (κ1) is 21.1. The van der Waals surface area contributed by atoms with E-state index < -0.39 is 5.91 Å². The molecule has 0 spiro atoms. The number of nitrogens with zero attached hydrogens (tertiary/aromatic N) is 2. The molecule has 0 saturated heterocycles. The first-order valence-corrected chi connectivity index (χ1v) is 9.58. The third-order valence-corrected chi connectivity index (χ3v) is 4.85. The van der Waals surface area contributed by atoms with E-state index in [1.165, 1.54) is 0 Å². The molecule has 7 nitrogen and oxygen atoms in total. The average molecular weight is 407 g/mol. The van der Waals surface area contributed by atoms with Crippen LogP contribution in [0.25, 0.3) is 0 Å². The number of aromatic nitrogens is 2. The number of nitrogens with one attached hydrogen (secondary N) is 1. The van der Waals surface area contributed by atoms with Crippen molar-refractivity contribution in [2.45, 2.75) is 26.8 Å². The van der Waals surface area contributed by atoms with Crippen LogP contribution < -0.4 is 20.3 Å². The van der Waals surface area contributed by atoms with Crippen LogP contribution in [0.5, 0.6) is 11.5 Å². The van der Waals surface area contributed by atoms with Gasteiger partial charge in [0.15, 0.2) is 11.5 Å². The number of ether oxygens (including phenoxy) is 2. The van der Waals surface area contributed by atoms with Crippen LogP contribution in [0.4, 0.5) is 5.82 Å². The number of aryl methyl sites for hydroxylation is 4. The molecular weight excluding hydrogens is 382 g/mol. The fourth-order valence-corrected chi connectivity index (χ4v) is 3.19. The minimum Gasteiger partial charge on any atom is -0.493 e. The van der Waals surface area contributed by atoms with Gasteiger partial charge in [0, 0.05) is 18.9 Å². The Bertz CT molecular complexity index is 1120. The Balaban J connectivity index is 1.81. The highest BCUT2D eigenvalue weighted by Gasteiger charge is 2.16. The number of methoxy groups -OCH3 is 2. The molecular formula is C23H25N3O4. The maximum Gasteiger partial charge on any atom is 0.263 e. The second-order valence-corrected chi connectivity index (χ2v) is 6.98. The van der Waals surface area contributed by atoms with E-state index in [2.05, 4.69) is 10.3 Å². The van der Waals surface area contributed by atoms with Crippen molar-refractivity contribution in [3.8, 4) is 11.5 Å². The van der Waals surface area contributed by atoms with Crippen molar-refractivity contribution in [3.05, 3.63) is 81.4 Å². The Hall–Kier alpha value is -3.61. The van der Waals surface area contributed by atoms with Gasteiger partial charge in [0.2, 0.25) is 0 Å². The Morgan fingerprint density at radius 3 is 2.53 bits per heavy atom. The molecule has 0 aliphatic rings. The highest BCUT2D eigenvalue weighted by Crippen LogP contribution is 2.27. The monoisotopic (exact) mass is 407 g/mol. The number of pyridine rings is 2. The summed E-state index contributed by atoms with van der Waals surface area (Å²) in [5, 5.41) is 2.72. The molecule has 0 saturated carbocycles. The van der Waals surface area contributed by atoms with Gasteiger partial charge in [-0.2, -0.15) is 0 Å². The second kappa shape index (κ2) is 9.26. The molecule has 0 bridgehead atoms. The van der Waals surface area contributed by atoms with Crippen molar-refractivity contribution < 1.29 is 14.3 Å². The van der Waals surface area contributed by atoms with Crippen LogP contribution >= 0.6 is 0 Å². The lowest BCUT2D eigenvalue weighted by Gasteiger charge is -2.12. The molecule has 2 heterocycles. The van der Waals surface area contributed by atoms with Gasteiger partial charge in [-0.3, -0.25) is 9.59 Å². The third-order valence-electron chi connectivity index (χ3n) is 4.85. The van der Waals surface area contributed by atoms with Crippen LogP contribution in [0, 0.1) is 13.8 Å². The molecule has 3 aromatic rings. The van der Waals surface area contributed by atoms with Crippen molar-refractivity contribution in [2.75, 3.05) is 19.5 Å². The summed E-state index contributed by atoms with van der Waals surface area (Å²) in [4.78, 5) is 29.9. The quantitative estimate of drug-likeness (QED) is 0.649. The maximum atomic E-state index is 13.0. The smallest absolute Gasteiger partial charge is 0.263 e. The van der Waals surface area contributed by atoms with Gasteiger partial charge >= 0.3 is 0 Å². The summed E-state index contributed by atoms with van der Waals surface area (Å²) in [5.74, 6) is 1.24. The average Bonchev–Trinajstić information content (AvgIpc) is 2.73. The summed E-state index contributed by atoms with van der Waals surface area (Å²) in [6.45, 7) is 4.09. The maximum absolute atomic E-state index is 13.0. The summed E-state index contributed by atoms with van der Waals surface area (Å²) < 4.78 is 12.1. The van der Waals surface area contributed by atoms with Crippen LogP contribution in [-0.2, 0) is 13.0 Å². The van der Waals surface area contributed by atoms with Crippen LogP contribution in [0.2, 0.25) is 0 Å². The molecule has 0 radical (unpaired) electrons.